The number of halogens is 1. The van der Waals surface area contributed by atoms with E-state index in [0.29, 0.717) is 43.4 Å². The van der Waals surface area contributed by atoms with Gasteiger partial charge in [-0.25, -0.2) is 9.38 Å². The van der Waals surface area contributed by atoms with E-state index in [4.69, 9.17) is 14.5 Å². The number of carbonyl (C=O) groups is 1. The number of hydrogen-bond acceptors (Lipinski definition) is 5. The third-order valence-corrected chi connectivity index (χ3v) is 5.93. The summed E-state index contributed by atoms with van der Waals surface area (Å²) in [6, 6.07) is 19.5. The monoisotopic (exact) mass is 445 g/mol. The zero-order valence-corrected chi connectivity index (χ0v) is 18.3. The molecule has 0 spiro atoms. The van der Waals surface area contributed by atoms with Crippen LogP contribution in [0.25, 0.3) is 0 Å². The third kappa shape index (κ3) is 4.02. The maximum Gasteiger partial charge on any atom is 0.256 e. The number of amides is 1. The van der Waals surface area contributed by atoms with Crippen LogP contribution in [0.4, 0.5) is 10.1 Å². The van der Waals surface area contributed by atoms with Crippen LogP contribution in [0, 0.1) is 5.82 Å². The molecule has 2 aliphatic heterocycles. The second-order valence-electron chi connectivity index (χ2n) is 7.95. The van der Waals surface area contributed by atoms with E-state index < -0.39 is 5.82 Å². The van der Waals surface area contributed by atoms with Gasteiger partial charge in [0, 0.05) is 26.2 Å². The van der Waals surface area contributed by atoms with Crippen LogP contribution in [0.1, 0.15) is 22.3 Å². The van der Waals surface area contributed by atoms with Crippen molar-refractivity contribution in [3.8, 4) is 17.2 Å². The number of ether oxygens (including phenoxy) is 2. The Kier molecular flexibility index (Phi) is 5.69. The number of fused-ring (bicyclic) bond motifs is 2. The lowest BCUT2D eigenvalue weighted by Crippen LogP contribution is -2.38. The molecule has 33 heavy (non-hydrogen) atoms. The molecule has 0 N–H and O–H groups in total. The summed E-state index contributed by atoms with van der Waals surface area (Å²) in [7, 11) is 1.62. The summed E-state index contributed by atoms with van der Waals surface area (Å²) in [4.78, 5) is 21.8. The van der Waals surface area contributed by atoms with Gasteiger partial charge in [0.2, 0.25) is 0 Å². The van der Waals surface area contributed by atoms with E-state index in [1.807, 2.05) is 42.5 Å². The second-order valence-corrected chi connectivity index (χ2v) is 7.95. The lowest BCUT2D eigenvalue weighted by molar-refractivity contribution is 0.0759. The van der Waals surface area contributed by atoms with Gasteiger partial charge in [-0.15, -0.1) is 0 Å². The van der Waals surface area contributed by atoms with Crippen molar-refractivity contribution in [2.75, 3.05) is 33.3 Å². The third-order valence-electron chi connectivity index (χ3n) is 5.93. The molecule has 0 radical (unpaired) electrons. The number of rotatable bonds is 2. The molecule has 0 aliphatic carbocycles. The van der Waals surface area contributed by atoms with E-state index in [-0.39, 0.29) is 11.5 Å². The zero-order chi connectivity index (χ0) is 22.8. The van der Waals surface area contributed by atoms with E-state index in [1.165, 1.54) is 12.1 Å². The van der Waals surface area contributed by atoms with Crippen molar-refractivity contribution < 1.29 is 18.7 Å². The highest BCUT2D eigenvalue weighted by Crippen LogP contribution is 2.42. The van der Waals surface area contributed by atoms with Crippen LogP contribution in [0.5, 0.6) is 17.2 Å². The van der Waals surface area contributed by atoms with Gasteiger partial charge in [-0.1, -0.05) is 30.3 Å². The van der Waals surface area contributed by atoms with Crippen LogP contribution in [0.15, 0.2) is 71.7 Å². The predicted octanol–water partition coefficient (Wildman–Crippen LogP) is 4.87. The van der Waals surface area contributed by atoms with Crippen molar-refractivity contribution in [2.45, 2.75) is 6.42 Å². The van der Waals surface area contributed by atoms with Crippen LogP contribution in [0.3, 0.4) is 0 Å². The molecule has 3 aromatic rings. The number of benzene rings is 3. The van der Waals surface area contributed by atoms with E-state index in [9.17, 15) is 9.18 Å². The molecule has 5 rings (SSSR count). The summed E-state index contributed by atoms with van der Waals surface area (Å²) in [6.07, 6.45) is 0.737. The molecule has 2 heterocycles. The van der Waals surface area contributed by atoms with Gasteiger partial charge in [0.05, 0.1) is 18.2 Å². The molecule has 7 heteroatoms. The molecule has 1 saturated heterocycles. The van der Waals surface area contributed by atoms with Crippen LogP contribution in [-0.4, -0.2) is 54.8 Å². The quantitative estimate of drug-likeness (QED) is 0.565. The van der Waals surface area contributed by atoms with Gasteiger partial charge in [0.15, 0.2) is 17.2 Å². The summed E-state index contributed by atoms with van der Waals surface area (Å²) in [5, 5.41) is 0. The van der Waals surface area contributed by atoms with Crippen LogP contribution < -0.4 is 9.47 Å². The molecule has 0 unspecified atom stereocenters. The molecular weight excluding hydrogens is 421 g/mol. The minimum Gasteiger partial charge on any atom is -0.493 e. The van der Waals surface area contributed by atoms with Crippen molar-refractivity contribution in [2.24, 2.45) is 4.99 Å². The summed E-state index contributed by atoms with van der Waals surface area (Å²) in [6.45, 7) is 2.29. The van der Waals surface area contributed by atoms with Crippen LogP contribution >= 0.6 is 0 Å². The average molecular weight is 445 g/mol. The van der Waals surface area contributed by atoms with Crippen molar-refractivity contribution in [1.29, 1.82) is 0 Å². The van der Waals surface area contributed by atoms with E-state index in [0.717, 1.165) is 23.5 Å². The van der Waals surface area contributed by atoms with E-state index in [1.54, 1.807) is 24.1 Å². The highest BCUT2D eigenvalue weighted by Gasteiger charge is 2.28. The number of methoxy groups -OCH3 is 1. The normalized spacial score (nSPS) is 15.4. The number of carbonyl (C=O) groups excluding carboxylic acids is 1. The fraction of sp³-hybridized carbons (Fsp3) is 0.231. The Morgan fingerprint density at radius 3 is 2.64 bits per heavy atom. The van der Waals surface area contributed by atoms with Gasteiger partial charge >= 0.3 is 0 Å². The Morgan fingerprint density at radius 1 is 0.970 bits per heavy atom. The first-order valence-electron chi connectivity index (χ1n) is 11.0. The maximum atomic E-state index is 14.2. The summed E-state index contributed by atoms with van der Waals surface area (Å²) in [5.41, 5.74) is 1.67. The first kappa shape index (κ1) is 21.0. The first-order valence-corrected chi connectivity index (χ1v) is 11.0. The van der Waals surface area contributed by atoms with Crippen LogP contribution in [0.2, 0.25) is 0 Å². The summed E-state index contributed by atoms with van der Waals surface area (Å²) in [5.74, 6) is 1.90. The first-order chi connectivity index (χ1) is 16.2. The molecule has 1 amide bonds. The highest BCUT2D eigenvalue weighted by atomic mass is 19.1. The molecule has 2 aliphatic rings. The Balaban J connectivity index is 1.47. The summed E-state index contributed by atoms with van der Waals surface area (Å²) < 4.78 is 26.0. The zero-order valence-electron chi connectivity index (χ0n) is 18.3. The van der Waals surface area contributed by atoms with Crippen molar-refractivity contribution >= 4 is 17.4 Å². The molecule has 168 valence electrons. The molecule has 0 saturated carbocycles. The number of nitrogens with zero attached hydrogens (tertiary/aromatic N) is 3. The molecule has 0 bridgehead atoms. The summed E-state index contributed by atoms with van der Waals surface area (Å²) >= 11 is 0. The van der Waals surface area contributed by atoms with Gasteiger partial charge < -0.3 is 19.3 Å². The molecule has 0 aromatic heterocycles. The Bertz CT molecular complexity index is 1230. The predicted molar refractivity (Wildman–Crippen MR) is 124 cm³/mol. The minimum atomic E-state index is -0.494. The minimum absolute atomic E-state index is 0.107. The largest absolute Gasteiger partial charge is 0.493 e. The Hall–Kier alpha value is -3.87. The smallest absolute Gasteiger partial charge is 0.256 e. The standard InChI is InChI=1S/C26H24FN3O3/c1-32-23-13-6-9-19-24(23)33-22-12-5-4-11-21(22)28-25(19)29-14-7-15-30(17-16-29)26(31)18-8-2-3-10-20(18)27/h2-6,8-13H,7,14-17H2,1H3. The van der Waals surface area contributed by atoms with Crippen molar-refractivity contribution in [3.63, 3.8) is 0 Å². The lowest BCUT2D eigenvalue weighted by atomic mass is 10.1. The number of aliphatic imine (C=N–C) groups is 1. The molecule has 3 aromatic carbocycles. The van der Waals surface area contributed by atoms with Crippen molar-refractivity contribution in [1.82, 2.24) is 9.80 Å². The fourth-order valence-corrected chi connectivity index (χ4v) is 4.26. The number of para-hydroxylation sites is 3. The number of hydrogen-bond donors (Lipinski definition) is 0. The molecule has 6 nitrogen and oxygen atoms in total. The fourth-order valence-electron chi connectivity index (χ4n) is 4.26. The van der Waals surface area contributed by atoms with E-state index in [2.05, 4.69) is 4.90 Å². The number of amidine groups is 1. The topological polar surface area (TPSA) is 54.4 Å². The van der Waals surface area contributed by atoms with Gasteiger partial charge in [0.25, 0.3) is 5.91 Å². The van der Waals surface area contributed by atoms with Gasteiger partial charge in [0.1, 0.15) is 17.3 Å². The lowest BCUT2D eigenvalue weighted by Gasteiger charge is -2.25. The Labute approximate surface area is 191 Å². The Morgan fingerprint density at radius 2 is 1.79 bits per heavy atom. The van der Waals surface area contributed by atoms with E-state index >= 15 is 0 Å². The molecule has 0 atom stereocenters. The maximum absolute atomic E-state index is 14.2. The molecule has 1 fully saturated rings. The van der Waals surface area contributed by atoms with Crippen LogP contribution in [-0.2, 0) is 0 Å². The molecular formula is C26H24FN3O3. The SMILES string of the molecule is COc1cccc2c1Oc1ccccc1N=C2N1CCCN(C(=O)c2ccccc2F)CC1. The van der Waals surface area contributed by atoms with Gasteiger partial charge in [-0.3, -0.25) is 4.79 Å². The highest BCUT2D eigenvalue weighted by molar-refractivity contribution is 6.04. The van der Waals surface area contributed by atoms with Gasteiger partial charge in [-0.2, -0.15) is 0 Å². The average Bonchev–Trinajstić information content (AvgIpc) is 3.18. The van der Waals surface area contributed by atoms with Gasteiger partial charge in [-0.05, 0) is 42.8 Å². The second kappa shape index (κ2) is 8.94. The van der Waals surface area contributed by atoms with Crippen molar-refractivity contribution in [3.05, 3.63) is 83.7 Å².